The van der Waals surface area contributed by atoms with Crippen LogP contribution in [0.1, 0.15) is 440 Å². The van der Waals surface area contributed by atoms with Crippen LogP contribution in [0.4, 0.5) is 0 Å². The Morgan fingerprint density at radius 2 is 0.451 bits per heavy atom. The minimum atomic E-state index is -4.96. The summed E-state index contributed by atoms with van der Waals surface area (Å²) in [7, 11) is -9.92. The van der Waals surface area contributed by atoms with Crippen molar-refractivity contribution in [3.05, 3.63) is 0 Å². The fraction of sp³-hybridized carbons (Fsp3) is 0.952. The molecule has 0 amide bonds. The fourth-order valence-corrected chi connectivity index (χ4v) is 14.5. The van der Waals surface area contributed by atoms with Gasteiger partial charge in [-0.3, -0.25) is 37.3 Å². The molecule has 0 saturated carbocycles. The maximum absolute atomic E-state index is 13.1. The van der Waals surface area contributed by atoms with Crippen molar-refractivity contribution >= 4 is 39.5 Å². The second-order valence-electron chi connectivity index (χ2n) is 30.8. The van der Waals surface area contributed by atoms with Crippen molar-refractivity contribution in [2.45, 2.75) is 458 Å². The van der Waals surface area contributed by atoms with E-state index >= 15 is 0 Å². The molecule has 0 bridgehead atoms. The van der Waals surface area contributed by atoms with E-state index in [4.69, 9.17) is 37.0 Å². The maximum Gasteiger partial charge on any atom is 0.472 e. The monoisotopic (exact) mass is 1490 g/mol. The Labute approximate surface area is 626 Å². The molecule has 0 saturated heterocycles. The van der Waals surface area contributed by atoms with E-state index in [1.165, 1.54) is 257 Å². The molecule has 2 unspecified atom stereocenters. The van der Waals surface area contributed by atoms with E-state index in [2.05, 4.69) is 41.5 Å². The fourth-order valence-electron chi connectivity index (χ4n) is 12.9. The molecule has 3 N–H and O–H groups in total. The number of hydrogen-bond acceptors (Lipinski definition) is 15. The summed E-state index contributed by atoms with van der Waals surface area (Å²) in [5.74, 6) is -0.519. The van der Waals surface area contributed by atoms with Crippen molar-refractivity contribution in [2.24, 2.45) is 11.8 Å². The van der Waals surface area contributed by atoms with Gasteiger partial charge in [0, 0.05) is 25.7 Å². The number of rotatable bonds is 82. The molecule has 0 radical (unpaired) electrons. The lowest BCUT2D eigenvalue weighted by atomic mass is 10.0. The van der Waals surface area contributed by atoms with Crippen molar-refractivity contribution in [2.75, 3.05) is 39.6 Å². The molecule has 0 fully saturated rings. The summed E-state index contributed by atoms with van der Waals surface area (Å²) in [5.41, 5.74) is 0. The average molecular weight is 1490 g/mol. The smallest absolute Gasteiger partial charge is 0.462 e. The van der Waals surface area contributed by atoms with Gasteiger partial charge in [-0.25, -0.2) is 9.13 Å². The number of esters is 4. The zero-order valence-electron chi connectivity index (χ0n) is 66.9. The molecule has 606 valence electrons. The van der Waals surface area contributed by atoms with Gasteiger partial charge >= 0.3 is 39.5 Å². The normalized spacial score (nSPS) is 13.9. The maximum atomic E-state index is 13.1. The first-order valence-corrected chi connectivity index (χ1v) is 46.0. The Bertz CT molecular complexity index is 1960. The van der Waals surface area contributed by atoms with Gasteiger partial charge < -0.3 is 33.8 Å². The minimum absolute atomic E-state index is 0.107. The largest absolute Gasteiger partial charge is 0.472 e. The number of phosphoric ester groups is 2. The molecular weight excluding hydrogens is 1330 g/mol. The highest BCUT2D eigenvalue weighted by Crippen LogP contribution is 2.45. The third-order valence-electron chi connectivity index (χ3n) is 19.5. The molecule has 0 aliphatic heterocycles. The summed E-state index contributed by atoms with van der Waals surface area (Å²) >= 11 is 0. The summed E-state index contributed by atoms with van der Waals surface area (Å²) in [5, 5.41) is 10.7. The molecule has 0 aliphatic carbocycles. The number of hydrogen-bond donors (Lipinski definition) is 3. The van der Waals surface area contributed by atoms with Gasteiger partial charge in [0.15, 0.2) is 12.2 Å². The van der Waals surface area contributed by atoms with Crippen molar-refractivity contribution in [3.63, 3.8) is 0 Å². The van der Waals surface area contributed by atoms with Gasteiger partial charge in [0.25, 0.3) is 0 Å². The Hall–Kier alpha value is -1.94. The number of aliphatic hydroxyl groups is 1. The van der Waals surface area contributed by atoms with E-state index in [-0.39, 0.29) is 25.7 Å². The van der Waals surface area contributed by atoms with Crippen LogP contribution in [0.2, 0.25) is 0 Å². The number of aliphatic hydroxyl groups excluding tert-OH is 1. The predicted molar refractivity (Wildman–Crippen MR) is 418 cm³/mol. The summed E-state index contributed by atoms with van der Waals surface area (Å²) < 4.78 is 68.8. The summed E-state index contributed by atoms with van der Waals surface area (Å²) in [6.07, 6.45) is 65.2. The van der Waals surface area contributed by atoms with E-state index in [9.17, 15) is 43.2 Å². The van der Waals surface area contributed by atoms with E-state index in [1.54, 1.807) is 0 Å². The second kappa shape index (κ2) is 74.5. The predicted octanol–water partition coefficient (Wildman–Crippen LogP) is 25.1. The summed E-state index contributed by atoms with van der Waals surface area (Å²) in [6, 6.07) is 0. The number of carbonyl (C=O) groups is 4. The van der Waals surface area contributed by atoms with Gasteiger partial charge in [0.1, 0.15) is 19.3 Å². The van der Waals surface area contributed by atoms with Crippen LogP contribution < -0.4 is 0 Å². The van der Waals surface area contributed by atoms with Gasteiger partial charge in [-0.15, -0.1) is 0 Å². The SMILES string of the molecule is CCCCCCCCCCCCCCCCCCCCC(=O)OC[C@H](COP(=O)(O)OC[C@@H](O)COP(=O)(O)OC[C@@H](COC(=O)CCCCCCCCCCCC)OC(=O)CCCCCCCCCCCCCCC(C)C)OC(=O)CCCCCCCCCCCCCCCCCCC(C)C. The summed E-state index contributed by atoms with van der Waals surface area (Å²) in [4.78, 5) is 73.1. The van der Waals surface area contributed by atoms with Crippen LogP contribution in [0.15, 0.2) is 0 Å². The number of unbranched alkanes of at least 4 members (excludes halogenated alkanes) is 52. The van der Waals surface area contributed by atoms with Gasteiger partial charge in [0.2, 0.25) is 0 Å². The Kier molecular flexibility index (Phi) is 73.1. The quantitative estimate of drug-likeness (QED) is 0.0222. The van der Waals surface area contributed by atoms with Gasteiger partial charge in [0.05, 0.1) is 26.4 Å². The molecule has 5 atom stereocenters. The molecule has 0 aromatic heterocycles. The molecule has 0 heterocycles. The van der Waals surface area contributed by atoms with Crippen LogP contribution >= 0.6 is 15.6 Å². The lowest BCUT2D eigenvalue weighted by Crippen LogP contribution is -2.30. The topological polar surface area (TPSA) is 237 Å². The third kappa shape index (κ3) is 76.3. The lowest BCUT2D eigenvalue weighted by molar-refractivity contribution is -0.161. The molecule has 0 rings (SSSR count). The highest BCUT2D eigenvalue weighted by atomic mass is 31.2. The second-order valence-corrected chi connectivity index (χ2v) is 33.7. The van der Waals surface area contributed by atoms with Crippen molar-refractivity contribution in [1.29, 1.82) is 0 Å². The van der Waals surface area contributed by atoms with Crippen molar-refractivity contribution < 1.29 is 80.2 Å². The van der Waals surface area contributed by atoms with Crippen molar-refractivity contribution in [1.82, 2.24) is 0 Å². The van der Waals surface area contributed by atoms with Crippen LogP contribution in [0.25, 0.3) is 0 Å². The first-order chi connectivity index (χ1) is 49.4. The molecule has 102 heavy (non-hydrogen) atoms. The molecule has 0 aliphatic rings. The van der Waals surface area contributed by atoms with Crippen molar-refractivity contribution in [3.8, 4) is 0 Å². The standard InChI is InChI=1S/C83H162O17P2/c1-7-9-11-13-15-17-19-20-21-22-23-27-30-36-42-48-54-60-66-81(86)94-72-79(100-82(87)67-61-55-49-43-37-31-28-25-24-26-29-34-39-45-51-57-63-75(3)4)74-98-102(91,92)96-70-77(84)69-95-101(89,90)97-73-78(71-93-80(85)65-59-53-47-41-18-16-14-12-10-8-2)99-83(88)68-62-56-50-44-38-33-32-35-40-46-52-58-64-76(5)6/h75-79,84H,7-74H2,1-6H3,(H,89,90)(H,91,92)/t77-,78+,79+/m0/s1. The third-order valence-corrected chi connectivity index (χ3v) is 21.4. The van der Waals surface area contributed by atoms with Crippen LogP contribution in [0.3, 0.4) is 0 Å². The Balaban J connectivity index is 5.23. The lowest BCUT2D eigenvalue weighted by Gasteiger charge is -2.21. The van der Waals surface area contributed by atoms with E-state index in [1.807, 2.05) is 0 Å². The van der Waals surface area contributed by atoms with Crippen LogP contribution in [-0.2, 0) is 65.4 Å². The minimum Gasteiger partial charge on any atom is -0.462 e. The molecule has 0 aromatic carbocycles. The van der Waals surface area contributed by atoms with Gasteiger partial charge in [-0.05, 0) is 37.5 Å². The van der Waals surface area contributed by atoms with Crippen LogP contribution in [0.5, 0.6) is 0 Å². The van der Waals surface area contributed by atoms with E-state index in [0.717, 1.165) is 102 Å². The number of carbonyl (C=O) groups excluding carboxylic acids is 4. The van der Waals surface area contributed by atoms with E-state index in [0.29, 0.717) is 25.7 Å². The average Bonchev–Trinajstić information content (AvgIpc) is 0.912. The molecule has 17 nitrogen and oxygen atoms in total. The molecule has 0 aromatic rings. The molecular formula is C83H162O17P2. The van der Waals surface area contributed by atoms with E-state index < -0.39 is 97.5 Å². The van der Waals surface area contributed by atoms with Crippen LogP contribution in [-0.4, -0.2) is 96.7 Å². The van der Waals surface area contributed by atoms with Gasteiger partial charge in [-0.1, -0.05) is 388 Å². The first-order valence-electron chi connectivity index (χ1n) is 43.0. The molecule has 0 spiro atoms. The Morgan fingerprint density at radius 3 is 0.667 bits per heavy atom. The number of phosphoric acid groups is 2. The highest BCUT2D eigenvalue weighted by Gasteiger charge is 2.30. The number of ether oxygens (including phenoxy) is 4. The summed E-state index contributed by atoms with van der Waals surface area (Å²) in [6.45, 7) is 9.68. The zero-order valence-corrected chi connectivity index (χ0v) is 68.7. The Morgan fingerprint density at radius 1 is 0.265 bits per heavy atom. The first kappa shape index (κ1) is 100. The molecule has 19 heteroatoms. The van der Waals surface area contributed by atoms with Gasteiger partial charge in [-0.2, -0.15) is 0 Å². The zero-order chi connectivity index (χ0) is 74.9. The highest BCUT2D eigenvalue weighted by molar-refractivity contribution is 7.47. The van der Waals surface area contributed by atoms with Crippen LogP contribution in [0, 0.1) is 11.8 Å².